The molecule has 13 heavy (non-hydrogen) atoms. The van der Waals surface area contributed by atoms with Crippen LogP contribution >= 0.6 is 0 Å². The maximum Gasteiger partial charge on any atom is 0.0947 e. The Bertz CT molecular complexity index is 250. The van der Waals surface area contributed by atoms with Gasteiger partial charge in [0.15, 0.2) is 0 Å². The molecule has 4 nitrogen and oxygen atoms in total. The fraction of sp³-hybridized carbons (Fsp3) is 0.556. The molecule has 2 heterocycles. The zero-order valence-corrected chi connectivity index (χ0v) is 7.26. The van der Waals surface area contributed by atoms with Gasteiger partial charge in [0.2, 0.25) is 0 Å². The number of aliphatic hydroxyl groups is 2. The summed E-state index contributed by atoms with van der Waals surface area (Å²) in [4.78, 5) is 2.00. The molecule has 0 bridgehead atoms. The third-order valence-electron chi connectivity index (χ3n) is 2.32. The highest BCUT2D eigenvalue weighted by atomic mass is 16.3. The van der Waals surface area contributed by atoms with Crippen molar-refractivity contribution in [2.45, 2.75) is 18.8 Å². The first-order valence-corrected chi connectivity index (χ1v) is 4.35. The first kappa shape index (κ1) is 8.74. The van der Waals surface area contributed by atoms with Gasteiger partial charge in [0.25, 0.3) is 0 Å². The van der Waals surface area contributed by atoms with Crippen LogP contribution in [0.25, 0.3) is 0 Å². The van der Waals surface area contributed by atoms with Crippen molar-refractivity contribution in [3.63, 3.8) is 0 Å². The lowest BCUT2D eigenvalue weighted by molar-refractivity contribution is 0.0572. The van der Waals surface area contributed by atoms with Crippen molar-refractivity contribution >= 4 is 0 Å². The van der Waals surface area contributed by atoms with Gasteiger partial charge in [0.1, 0.15) is 0 Å². The van der Waals surface area contributed by atoms with E-state index in [-0.39, 0.29) is 0 Å². The third-order valence-corrected chi connectivity index (χ3v) is 2.32. The number of furan rings is 1. The van der Waals surface area contributed by atoms with Crippen LogP contribution in [0.2, 0.25) is 0 Å². The van der Waals surface area contributed by atoms with E-state index in [0.717, 1.165) is 12.1 Å². The molecular formula is C9H13NO3. The van der Waals surface area contributed by atoms with Gasteiger partial charge >= 0.3 is 0 Å². The Hall–Kier alpha value is -0.840. The molecule has 1 aliphatic heterocycles. The monoisotopic (exact) mass is 183 g/mol. The lowest BCUT2D eigenvalue weighted by Crippen LogP contribution is -2.22. The van der Waals surface area contributed by atoms with Crippen molar-refractivity contribution in [3.05, 3.63) is 24.2 Å². The van der Waals surface area contributed by atoms with E-state index in [4.69, 9.17) is 4.42 Å². The number of likely N-dealkylation sites (tertiary alicyclic amines) is 1. The number of rotatable bonds is 2. The zero-order valence-electron chi connectivity index (χ0n) is 7.26. The van der Waals surface area contributed by atoms with Gasteiger partial charge < -0.3 is 14.6 Å². The summed E-state index contributed by atoms with van der Waals surface area (Å²) in [6.45, 7) is 1.79. The maximum absolute atomic E-state index is 9.28. The molecule has 72 valence electrons. The lowest BCUT2D eigenvalue weighted by atomic mass is 10.3. The van der Waals surface area contributed by atoms with E-state index in [1.807, 2.05) is 11.0 Å². The van der Waals surface area contributed by atoms with Crippen molar-refractivity contribution in [2.75, 3.05) is 13.1 Å². The van der Waals surface area contributed by atoms with Gasteiger partial charge in [-0.05, 0) is 6.07 Å². The molecule has 0 amide bonds. The number of hydrogen-bond donors (Lipinski definition) is 2. The normalized spacial score (nSPS) is 29.7. The van der Waals surface area contributed by atoms with Gasteiger partial charge in [-0.25, -0.2) is 0 Å². The Kier molecular flexibility index (Phi) is 2.35. The van der Waals surface area contributed by atoms with Gasteiger partial charge in [-0.3, -0.25) is 4.90 Å². The highest BCUT2D eigenvalue weighted by Gasteiger charge is 2.29. The summed E-state index contributed by atoms with van der Waals surface area (Å²) in [6.07, 6.45) is 2.09. The summed E-state index contributed by atoms with van der Waals surface area (Å²) in [5, 5.41) is 18.6. The van der Waals surface area contributed by atoms with E-state index < -0.39 is 12.2 Å². The van der Waals surface area contributed by atoms with E-state index in [0.29, 0.717) is 13.1 Å². The first-order chi connectivity index (χ1) is 6.25. The molecule has 1 saturated heterocycles. The molecule has 0 aromatic carbocycles. The standard InChI is InChI=1S/C9H13NO3/c11-8-4-10(5-9(8)12)3-7-1-2-13-6-7/h1-2,6,8-9,11-12H,3-5H2/t8-,9+. The second-order valence-corrected chi connectivity index (χ2v) is 3.46. The van der Waals surface area contributed by atoms with Crippen molar-refractivity contribution in [1.29, 1.82) is 0 Å². The van der Waals surface area contributed by atoms with E-state index in [2.05, 4.69) is 0 Å². The smallest absolute Gasteiger partial charge is 0.0947 e. The Balaban J connectivity index is 1.91. The number of hydrogen-bond acceptors (Lipinski definition) is 4. The fourth-order valence-corrected chi connectivity index (χ4v) is 1.62. The Morgan fingerprint density at radius 2 is 2.08 bits per heavy atom. The Morgan fingerprint density at radius 1 is 1.38 bits per heavy atom. The lowest BCUT2D eigenvalue weighted by Gasteiger charge is -2.12. The largest absolute Gasteiger partial charge is 0.472 e. The minimum absolute atomic E-state index is 0.534. The molecule has 0 radical (unpaired) electrons. The summed E-state index contributed by atoms with van der Waals surface area (Å²) < 4.78 is 4.93. The molecule has 2 atom stereocenters. The number of aliphatic hydroxyl groups excluding tert-OH is 2. The number of β-amino-alcohol motifs (C(OH)–C–C–N with tert-alkyl or cyclic N) is 2. The summed E-state index contributed by atoms with van der Waals surface area (Å²) in [7, 11) is 0. The van der Waals surface area contributed by atoms with Crippen molar-refractivity contribution < 1.29 is 14.6 Å². The Labute approximate surface area is 76.4 Å². The Morgan fingerprint density at radius 3 is 2.62 bits per heavy atom. The zero-order chi connectivity index (χ0) is 9.26. The van der Waals surface area contributed by atoms with Gasteiger partial charge in [-0.15, -0.1) is 0 Å². The average molecular weight is 183 g/mol. The molecule has 1 aliphatic rings. The first-order valence-electron chi connectivity index (χ1n) is 4.35. The fourth-order valence-electron chi connectivity index (χ4n) is 1.62. The van der Waals surface area contributed by atoms with Crippen LogP contribution in [-0.2, 0) is 6.54 Å². The minimum atomic E-state index is -0.605. The van der Waals surface area contributed by atoms with Crippen LogP contribution in [0.1, 0.15) is 5.56 Å². The van der Waals surface area contributed by atoms with Crippen LogP contribution in [0.3, 0.4) is 0 Å². The van der Waals surface area contributed by atoms with Crippen LogP contribution in [0, 0.1) is 0 Å². The summed E-state index contributed by atoms with van der Waals surface area (Å²) in [5.74, 6) is 0. The van der Waals surface area contributed by atoms with Crippen LogP contribution in [0.5, 0.6) is 0 Å². The van der Waals surface area contributed by atoms with E-state index in [1.54, 1.807) is 12.5 Å². The van der Waals surface area contributed by atoms with E-state index in [1.165, 1.54) is 0 Å². The topological polar surface area (TPSA) is 56.8 Å². The van der Waals surface area contributed by atoms with Gasteiger partial charge in [0.05, 0.1) is 24.7 Å². The molecule has 0 spiro atoms. The molecule has 2 rings (SSSR count). The molecule has 1 fully saturated rings. The molecule has 1 aromatic rings. The van der Waals surface area contributed by atoms with E-state index >= 15 is 0 Å². The predicted molar refractivity (Wildman–Crippen MR) is 46.0 cm³/mol. The second-order valence-electron chi connectivity index (χ2n) is 3.46. The van der Waals surface area contributed by atoms with Crippen molar-refractivity contribution in [3.8, 4) is 0 Å². The molecule has 0 aliphatic carbocycles. The molecule has 1 aromatic heterocycles. The van der Waals surface area contributed by atoms with E-state index in [9.17, 15) is 10.2 Å². The van der Waals surface area contributed by atoms with Crippen LogP contribution in [0.4, 0.5) is 0 Å². The maximum atomic E-state index is 9.28. The summed E-state index contributed by atoms with van der Waals surface area (Å²) >= 11 is 0. The highest BCUT2D eigenvalue weighted by Crippen LogP contribution is 2.13. The molecule has 4 heteroatoms. The highest BCUT2D eigenvalue weighted by molar-refractivity contribution is 5.05. The predicted octanol–water partition coefficient (Wildman–Crippen LogP) is -0.183. The molecular weight excluding hydrogens is 170 g/mol. The quantitative estimate of drug-likeness (QED) is 0.667. The summed E-state index contributed by atoms with van der Waals surface area (Å²) in [6, 6.07) is 1.89. The van der Waals surface area contributed by atoms with Crippen molar-refractivity contribution in [1.82, 2.24) is 4.90 Å². The molecule has 2 N–H and O–H groups in total. The van der Waals surface area contributed by atoms with Gasteiger partial charge in [0, 0.05) is 25.2 Å². The summed E-state index contributed by atoms with van der Waals surface area (Å²) in [5.41, 5.74) is 1.07. The average Bonchev–Trinajstić information content (AvgIpc) is 2.64. The van der Waals surface area contributed by atoms with Crippen LogP contribution in [0.15, 0.2) is 23.0 Å². The molecule has 0 saturated carbocycles. The van der Waals surface area contributed by atoms with Gasteiger partial charge in [-0.2, -0.15) is 0 Å². The minimum Gasteiger partial charge on any atom is -0.472 e. The number of nitrogens with zero attached hydrogens (tertiary/aromatic N) is 1. The third kappa shape index (κ3) is 1.91. The SMILES string of the molecule is O[C@@H]1CN(Cc2ccoc2)C[C@@H]1O. The van der Waals surface area contributed by atoms with Gasteiger partial charge in [-0.1, -0.05) is 0 Å². The van der Waals surface area contributed by atoms with Crippen LogP contribution in [-0.4, -0.2) is 40.4 Å². The second kappa shape index (κ2) is 3.49. The van der Waals surface area contributed by atoms with Crippen molar-refractivity contribution in [2.24, 2.45) is 0 Å². The molecule has 0 unspecified atom stereocenters. The van der Waals surface area contributed by atoms with Crippen LogP contribution < -0.4 is 0 Å².